The molecule has 0 spiro atoms. The summed E-state index contributed by atoms with van der Waals surface area (Å²) >= 11 is 0. The van der Waals surface area contributed by atoms with E-state index in [1.807, 2.05) is 12.1 Å². The summed E-state index contributed by atoms with van der Waals surface area (Å²) in [7, 11) is 3.04. The van der Waals surface area contributed by atoms with Crippen molar-refractivity contribution in [1.29, 1.82) is 0 Å². The van der Waals surface area contributed by atoms with E-state index < -0.39 is 0 Å². The highest BCUT2D eigenvalue weighted by Gasteiger charge is 2.13. The lowest BCUT2D eigenvalue weighted by molar-refractivity contribution is 0.0603. The second-order valence-electron chi connectivity index (χ2n) is 3.97. The standard InChI is InChI=1S/C13H16N2O3/c1-17-8-4-7-11-14-10-6-3-5-9(12(10)15-11)13(16)18-2/h3,5-6H,4,7-8H2,1-2H3,(H,14,15). The molecule has 0 amide bonds. The molecule has 0 saturated heterocycles. The van der Waals surface area contributed by atoms with Gasteiger partial charge in [-0.2, -0.15) is 0 Å². The van der Waals surface area contributed by atoms with Crippen molar-refractivity contribution in [3.63, 3.8) is 0 Å². The molecule has 2 aromatic rings. The summed E-state index contributed by atoms with van der Waals surface area (Å²) in [6, 6.07) is 5.42. The highest BCUT2D eigenvalue weighted by atomic mass is 16.5. The van der Waals surface area contributed by atoms with Crippen LogP contribution >= 0.6 is 0 Å². The van der Waals surface area contributed by atoms with Gasteiger partial charge < -0.3 is 14.5 Å². The normalized spacial score (nSPS) is 10.8. The predicted octanol–water partition coefficient (Wildman–Crippen LogP) is 1.93. The number of benzene rings is 1. The Hall–Kier alpha value is -1.88. The number of methoxy groups -OCH3 is 2. The second-order valence-corrected chi connectivity index (χ2v) is 3.97. The molecule has 1 aromatic heterocycles. The van der Waals surface area contributed by atoms with E-state index in [9.17, 15) is 4.79 Å². The van der Waals surface area contributed by atoms with Crippen LogP contribution in [0.15, 0.2) is 18.2 Å². The minimum atomic E-state index is -0.365. The first-order valence-electron chi connectivity index (χ1n) is 5.81. The third-order valence-corrected chi connectivity index (χ3v) is 2.73. The van der Waals surface area contributed by atoms with Crippen molar-refractivity contribution >= 4 is 17.0 Å². The number of H-pyrrole nitrogens is 1. The van der Waals surface area contributed by atoms with E-state index in [1.165, 1.54) is 7.11 Å². The van der Waals surface area contributed by atoms with Crippen molar-refractivity contribution in [2.24, 2.45) is 0 Å². The Morgan fingerprint density at radius 1 is 1.39 bits per heavy atom. The van der Waals surface area contributed by atoms with Gasteiger partial charge in [0.2, 0.25) is 0 Å². The van der Waals surface area contributed by atoms with Gasteiger partial charge in [-0.1, -0.05) is 6.07 Å². The minimum absolute atomic E-state index is 0.365. The number of fused-ring (bicyclic) bond motifs is 1. The third kappa shape index (κ3) is 2.51. The smallest absolute Gasteiger partial charge is 0.340 e. The van der Waals surface area contributed by atoms with Gasteiger partial charge >= 0.3 is 5.97 Å². The van der Waals surface area contributed by atoms with Gasteiger partial charge in [0.05, 0.1) is 18.2 Å². The average Bonchev–Trinajstić information content (AvgIpc) is 2.80. The number of imidazole rings is 1. The van der Waals surface area contributed by atoms with Gasteiger partial charge in [-0.15, -0.1) is 0 Å². The van der Waals surface area contributed by atoms with Crippen molar-refractivity contribution in [1.82, 2.24) is 9.97 Å². The van der Waals surface area contributed by atoms with E-state index in [1.54, 1.807) is 13.2 Å². The van der Waals surface area contributed by atoms with Gasteiger partial charge in [0.1, 0.15) is 11.3 Å². The SMILES string of the molecule is COCCCc1nc2c(C(=O)OC)cccc2[nH]1. The maximum atomic E-state index is 11.6. The molecule has 1 aromatic carbocycles. The number of carbonyl (C=O) groups is 1. The van der Waals surface area contributed by atoms with Gasteiger partial charge in [-0.25, -0.2) is 9.78 Å². The van der Waals surface area contributed by atoms with Crippen molar-refractivity contribution in [3.05, 3.63) is 29.6 Å². The summed E-state index contributed by atoms with van der Waals surface area (Å²) < 4.78 is 9.74. The lowest BCUT2D eigenvalue weighted by atomic mass is 10.2. The molecule has 0 aliphatic carbocycles. The molecular weight excluding hydrogens is 232 g/mol. The van der Waals surface area contributed by atoms with Crippen LogP contribution in [0.5, 0.6) is 0 Å². The molecule has 0 aliphatic heterocycles. The summed E-state index contributed by atoms with van der Waals surface area (Å²) in [6.07, 6.45) is 1.69. The second kappa shape index (κ2) is 5.64. The molecule has 0 atom stereocenters. The Bertz CT molecular complexity index is 548. The van der Waals surface area contributed by atoms with E-state index in [0.29, 0.717) is 17.7 Å². The molecule has 18 heavy (non-hydrogen) atoms. The number of para-hydroxylation sites is 1. The van der Waals surface area contributed by atoms with Crippen LogP contribution in [0.25, 0.3) is 11.0 Å². The summed E-state index contributed by atoms with van der Waals surface area (Å²) in [5, 5.41) is 0. The highest BCUT2D eigenvalue weighted by molar-refractivity contribution is 6.01. The third-order valence-electron chi connectivity index (χ3n) is 2.73. The van der Waals surface area contributed by atoms with Crippen molar-refractivity contribution in [2.75, 3.05) is 20.8 Å². The maximum Gasteiger partial charge on any atom is 0.340 e. The molecule has 5 heteroatoms. The van der Waals surface area contributed by atoms with Gasteiger partial charge in [0.15, 0.2) is 0 Å². The number of esters is 1. The zero-order valence-corrected chi connectivity index (χ0v) is 10.5. The van der Waals surface area contributed by atoms with E-state index in [0.717, 1.165) is 24.2 Å². The van der Waals surface area contributed by atoms with E-state index >= 15 is 0 Å². The number of rotatable bonds is 5. The number of aryl methyl sites for hydroxylation is 1. The zero-order valence-electron chi connectivity index (χ0n) is 10.5. The predicted molar refractivity (Wildman–Crippen MR) is 67.6 cm³/mol. The molecule has 96 valence electrons. The van der Waals surface area contributed by atoms with Crippen LogP contribution < -0.4 is 0 Å². The van der Waals surface area contributed by atoms with Crippen LogP contribution in [0.2, 0.25) is 0 Å². The number of hydrogen-bond acceptors (Lipinski definition) is 4. The molecule has 5 nitrogen and oxygen atoms in total. The van der Waals surface area contributed by atoms with Gasteiger partial charge in [0.25, 0.3) is 0 Å². The first-order chi connectivity index (χ1) is 8.76. The molecule has 0 radical (unpaired) electrons. The van der Waals surface area contributed by atoms with Crippen LogP contribution in [-0.2, 0) is 15.9 Å². The van der Waals surface area contributed by atoms with Gasteiger partial charge in [0, 0.05) is 20.1 Å². The molecule has 1 N–H and O–H groups in total. The van der Waals surface area contributed by atoms with Crippen LogP contribution in [-0.4, -0.2) is 36.8 Å². The zero-order chi connectivity index (χ0) is 13.0. The maximum absolute atomic E-state index is 11.6. The molecule has 0 bridgehead atoms. The fourth-order valence-electron chi connectivity index (χ4n) is 1.86. The summed E-state index contributed by atoms with van der Waals surface area (Å²) in [5.41, 5.74) is 2.01. The largest absolute Gasteiger partial charge is 0.465 e. The number of aromatic amines is 1. The molecule has 0 unspecified atom stereocenters. The van der Waals surface area contributed by atoms with Crippen LogP contribution in [0, 0.1) is 0 Å². The van der Waals surface area contributed by atoms with Crippen molar-refractivity contribution in [3.8, 4) is 0 Å². The first kappa shape index (κ1) is 12.6. The number of aromatic nitrogens is 2. The Kier molecular flexibility index (Phi) is 3.94. The molecular formula is C13H16N2O3. The Balaban J connectivity index is 2.29. The fraction of sp³-hybridized carbons (Fsp3) is 0.385. The average molecular weight is 248 g/mol. The lowest BCUT2D eigenvalue weighted by Crippen LogP contribution is -2.01. The number of ether oxygens (including phenoxy) is 2. The topological polar surface area (TPSA) is 64.2 Å². The van der Waals surface area contributed by atoms with Crippen molar-refractivity contribution in [2.45, 2.75) is 12.8 Å². The van der Waals surface area contributed by atoms with Crippen LogP contribution in [0.4, 0.5) is 0 Å². The summed E-state index contributed by atoms with van der Waals surface area (Å²) in [4.78, 5) is 19.2. The fourth-order valence-corrected chi connectivity index (χ4v) is 1.86. The van der Waals surface area contributed by atoms with E-state index in [4.69, 9.17) is 9.47 Å². The number of carbonyl (C=O) groups excluding carboxylic acids is 1. The first-order valence-corrected chi connectivity index (χ1v) is 5.81. The lowest BCUT2D eigenvalue weighted by Gasteiger charge is -1.98. The highest BCUT2D eigenvalue weighted by Crippen LogP contribution is 2.17. The Morgan fingerprint density at radius 3 is 2.94 bits per heavy atom. The van der Waals surface area contributed by atoms with Crippen LogP contribution in [0.1, 0.15) is 22.6 Å². The molecule has 1 heterocycles. The molecule has 0 fully saturated rings. The monoisotopic (exact) mass is 248 g/mol. The van der Waals surface area contributed by atoms with Crippen molar-refractivity contribution < 1.29 is 14.3 Å². The molecule has 2 rings (SSSR count). The number of nitrogens with one attached hydrogen (secondary N) is 1. The minimum Gasteiger partial charge on any atom is -0.465 e. The van der Waals surface area contributed by atoms with Crippen LogP contribution in [0.3, 0.4) is 0 Å². The summed E-state index contributed by atoms with van der Waals surface area (Å²) in [5.74, 6) is 0.494. The quantitative estimate of drug-likeness (QED) is 0.648. The molecule has 0 aliphatic rings. The number of hydrogen-bond donors (Lipinski definition) is 1. The Morgan fingerprint density at radius 2 is 2.22 bits per heavy atom. The Labute approximate surface area is 105 Å². The molecule has 0 saturated carbocycles. The summed E-state index contributed by atoms with van der Waals surface area (Å²) in [6.45, 7) is 0.695. The van der Waals surface area contributed by atoms with E-state index in [2.05, 4.69) is 9.97 Å². The van der Waals surface area contributed by atoms with E-state index in [-0.39, 0.29) is 5.97 Å². The van der Waals surface area contributed by atoms with Gasteiger partial charge in [-0.3, -0.25) is 0 Å². The number of nitrogens with zero attached hydrogens (tertiary/aromatic N) is 1. The van der Waals surface area contributed by atoms with Gasteiger partial charge in [-0.05, 0) is 18.6 Å².